The Morgan fingerprint density at radius 1 is 1.50 bits per heavy atom. The van der Waals surface area contributed by atoms with Crippen LogP contribution in [0.4, 0.5) is 13.2 Å². The van der Waals surface area contributed by atoms with Crippen LogP contribution in [-0.2, 0) is 4.79 Å². The molecular weight excluding hydrogens is 171 g/mol. The van der Waals surface area contributed by atoms with Crippen molar-refractivity contribution in [1.82, 2.24) is 4.90 Å². The zero-order valence-electron chi connectivity index (χ0n) is 6.69. The predicted octanol–water partition coefficient (Wildman–Crippen LogP) is 1.56. The van der Waals surface area contributed by atoms with E-state index in [2.05, 4.69) is 0 Å². The third-order valence-corrected chi connectivity index (χ3v) is 1.74. The molecule has 1 rings (SSSR count). The molecule has 1 aliphatic carbocycles. The van der Waals surface area contributed by atoms with Crippen molar-refractivity contribution in [3.63, 3.8) is 0 Å². The lowest BCUT2D eigenvalue weighted by Gasteiger charge is -2.21. The van der Waals surface area contributed by atoms with Crippen molar-refractivity contribution >= 4 is 5.91 Å². The van der Waals surface area contributed by atoms with Crippen molar-refractivity contribution in [2.24, 2.45) is 0 Å². The maximum atomic E-state index is 11.9. The first-order chi connectivity index (χ1) is 5.40. The maximum Gasteiger partial charge on any atom is 0.406 e. The SMILES string of the molecule is CC(=O)N(CC(F)(F)F)C1CC1. The number of amides is 1. The normalized spacial score (nSPS) is 17.7. The molecule has 0 aromatic heterocycles. The number of hydrogen-bond acceptors (Lipinski definition) is 1. The highest BCUT2D eigenvalue weighted by atomic mass is 19.4. The third kappa shape index (κ3) is 2.71. The van der Waals surface area contributed by atoms with Crippen LogP contribution in [0.1, 0.15) is 19.8 Å². The van der Waals surface area contributed by atoms with E-state index in [1.807, 2.05) is 0 Å². The lowest BCUT2D eigenvalue weighted by molar-refractivity contribution is -0.161. The Kier molecular flexibility index (Phi) is 2.30. The van der Waals surface area contributed by atoms with Crippen molar-refractivity contribution in [2.45, 2.75) is 32.0 Å². The van der Waals surface area contributed by atoms with Gasteiger partial charge in [-0.05, 0) is 12.8 Å². The Morgan fingerprint density at radius 3 is 2.25 bits per heavy atom. The standard InChI is InChI=1S/C7H10F3NO/c1-5(12)11(6-2-3-6)4-7(8,9)10/h6H,2-4H2,1H3. The van der Waals surface area contributed by atoms with Gasteiger partial charge in [-0.1, -0.05) is 0 Å². The van der Waals surface area contributed by atoms with Crippen LogP contribution >= 0.6 is 0 Å². The van der Waals surface area contributed by atoms with Crippen LogP contribution in [0.5, 0.6) is 0 Å². The predicted molar refractivity (Wildman–Crippen MR) is 36.5 cm³/mol. The van der Waals surface area contributed by atoms with Gasteiger partial charge in [-0.15, -0.1) is 0 Å². The van der Waals surface area contributed by atoms with Crippen LogP contribution in [-0.4, -0.2) is 29.6 Å². The average molecular weight is 181 g/mol. The molecule has 0 radical (unpaired) electrons. The first-order valence-corrected chi connectivity index (χ1v) is 3.74. The van der Waals surface area contributed by atoms with Crippen LogP contribution in [0.3, 0.4) is 0 Å². The number of carbonyl (C=O) groups is 1. The van der Waals surface area contributed by atoms with Gasteiger partial charge in [0.25, 0.3) is 0 Å². The highest BCUT2D eigenvalue weighted by Crippen LogP contribution is 2.29. The molecule has 5 heteroatoms. The molecule has 0 aromatic carbocycles. The summed E-state index contributed by atoms with van der Waals surface area (Å²) in [6, 6.07) is -0.163. The second kappa shape index (κ2) is 2.95. The summed E-state index contributed by atoms with van der Waals surface area (Å²) in [6.07, 6.45) is -2.86. The van der Waals surface area contributed by atoms with E-state index in [1.165, 1.54) is 6.92 Å². The lowest BCUT2D eigenvalue weighted by Crippen LogP contribution is -2.39. The Balaban J connectivity index is 2.49. The average Bonchev–Trinajstić information content (AvgIpc) is 2.61. The number of carbonyl (C=O) groups excluding carboxylic acids is 1. The molecule has 0 heterocycles. The molecular formula is C7H10F3NO. The number of halogens is 3. The summed E-state index contributed by atoms with van der Waals surface area (Å²) >= 11 is 0. The topological polar surface area (TPSA) is 20.3 Å². The van der Waals surface area contributed by atoms with E-state index < -0.39 is 18.6 Å². The summed E-state index contributed by atoms with van der Waals surface area (Å²) in [5.41, 5.74) is 0. The molecule has 0 saturated heterocycles. The van der Waals surface area contributed by atoms with Gasteiger partial charge < -0.3 is 4.90 Å². The maximum absolute atomic E-state index is 11.9. The van der Waals surface area contributed by atoms with E-state index in [9.17, 15) is 18.0 Å². The molecule has 1 aliphatic rings. The zero-order chi connectivity index (χ0) is 9.35. The molecule has 1 amide bonds. The summed E-state index contributed by atoms with van der Waals surface area (Å²) in [6.45, 7) is 0.0665. The molecule has 12 heavy (non-hydrogen) atoms. The molecule has 0 atom stereocenters. The van der Waals surface area contributed by atoms with Gasteiger partial charge in [0, 0.05) is 13.0 Å². The number of nitrogens with zero attached hydrogens (tertiary/aromatic N) is 1. The summed E-state index contributed by atoms with van der Waals surface area (Å²) in [5.74, 6) is -0.491. The van der Waals surface area contributed by atoms with Gasteiger partial charge in [0.05, 0.1) is 0 Å². The van der Waals surface area contributed by atoms with Gasteiger partial charge in [0.1, 0.15) is 6.54 Å². The smallest absolute Gasteiger partial charge is 0.331 e. The van der Waals surface area contributed by atoms with Gasteiger partial charge in [0.2, 0.25) is 5.91 Å². The lowest BCUT2D eigenvalue weighted by atomic mass is 10.4. The summed E-state index contributed by atoms with van der Waals surface area (Å²) in [5, 5.41) is 0. The second-order valence-corrected chi connectivity index (χ2v) is 2.99. The van der Waals surface area contributed by atoms with Crippen molar-refractivity contribution in [3.8, 4) is 0 Å². The fourth-order valence-corrected chi connectivity index (χ4v) is 1.08. The van der Waals surface area contributed by atoms with Gasteiger partial charge >= 0.3 is 6.18 Å². The molecule has 0 spiro atoms. The largest absolute Gasteiger partial charge is 0.406 e. The van der Waals surface area contributed by atoms with Crippen LogP contribution in [0.25, 0.3) is 0 Å². The zero-order valence-corrected chi connectivity index (χ0v) is 6.69. The van der Waals surface area contributed by atoms with E-state index in [0.29, 0.717) is 12.8 Å². The first kappa shape index (κ1) is 9.35. The van der Waals surface area contributed by atoms with E-state index in [4.69, 9.17) is 0 Å². The fourth-order valence-electron chi connectivity index (χ4n) is 1.08. The summed E-state index contributed by atoms with van der Waals surface area (Å²) in [4.78, 5) is 11.6. The Bertz CT molecular complexity index is 186. The summed E-state index contributed by atoms with van der Waals surface area (Å²) in [7, 11) is 0. The van der Waals surface area contributed by atoms with Gasteiger partial charge in [0.15, 0.2) is 0 Å². The van der Waals surface area contributed by atoms with E-state index in [0.717, 1.165) is 4.90 Å². The molecule has 0 unspecified atom stereocenters. The Labute approximate surface area is 68.3 Å². The quantitative estimate of drug-likeness (QED) is 0.633. The number of hydrogen-bond donors (Lipinski definition) is 0. The molecule has 1 fully saturated rings. The van der Waals surface area contributed by atoms with E-state index >= 15 is 0 Å². The molecule has 0 bridgehead atoms. The fraction of sp³-hybridized carbons (Fsp3) is 0.857. The van der Waals surface area contributed by atoms with Gasteiger partial charge in [-0.2, -0.15) is 13.2 Å². The van der Waals surface area contributed by atoms with Crippen molar-refractivity contribution in [3.05, 3.63) is 0 Å². The van der Waals surface area contributed by atoms with Gasteiger partial charge in [-0.3, -0.25) is 4.79 Å². The minimum Gasteiger partial charge on any atom is -0.331 e. The Morgan fingerprint density at radius 2 is 2.00 bits per heavy atom. The first-order valence-electron chi connectivity index (χ1n) is 3.74. The molecule has 70 valence electrons. The molecule has 0 aliphatic heterocycles. The van der Waals surface area contributed by atoms with Crippen molar-refractivity contribution < 1.29 is 18.0 Å². The molecule has 1 saturated carbocycles. The Hall–Kier alpha value is -0.740. The van der Waals surface area contributed by atoms with Crippen LogP contribution in [0.15, 0.2) is 0 Å². The molecule has 2 nitrogen and oxygen atoms in total. The van der Waals surface area contributed by atoms with Gasteiger partial charge in [-0.25, -0.2) is 0 Å². The number of alkyl halides is 3. The van der Waals surface area contributed by atoms with E-state index in [-0.39, 0.29) is 6.04 Å². The van der Waals surface area contributed by atoms with Crippen molar-refractivity contribution in [1.29, 1.82) is 0 Å². The van der Waals surface area contributed by atoms with E-state index in [1.54, 1.807) is 0 Å². The molecule has 0 aromatic rings. The van der Waals surface area contributed by atoms with Crippen molar-refractivity contribution in [2.75, 3.05) is 6.54 Å². The third-order valence-electron chi connectivity index (χ3n) is 1.74. The highest BCUT2D eigenvalue weighted by Gasteiger charge is 2.39. The number of rotatable bonds is 2. The second-order valence-electron chi connectivity index (χ2n) is 2.99. The van der Waals surface area contributed by atoms with Crippen LogP contribution in [0.2, 0.25) is 0 Å². The highest BCUT2D eigenvalue weighted by molar-refractivity contribution is 5.74. The van der Waals surface area contributed by atoms with Crippen LogP contribution < -0.4 is 0 Å². The van der Waals surface area contributed by atoms with Crippen LogP contribution in [0, 0.1) is 0 Å². The minimum absolute atomic E-state index is 0.163. The minimum atomic E-state index is -4.27. The summed E-state index contributed by atoms with van der Waals surface area (Å²) < 4.78 is 35.6. The monoisotopic (exact) mass is 181 g/mol. The molecule has 0 N–H and O–H groups in total.